The van der Waals surface area contributed by atoms with Gasteiger partial charge in [-0.05, 0) is 37.0 Å². The molecule has 6 nitrogen and oxygen atoms in total. The van der Waals surface area contributed by atoms with Crippen molar-refractivity contribution in [1.29, 1.82) is 0 Å². The first kappa shape index (κ1) is 17.9. The highest BCUT2D eigenvalue weighted by molar-refractivity contribution is 5.85. The first-order chi connectivity index (χ1) is 11.6. The van der Waals surface area contributed by atoms with E-state index in [2.05, 4.69) is 10.1 Å². The molecule has 25 heavy (non-hydrogen) atoms. The molecule has 0 bridgehead atoms. The summed E-state index contributed by atoms with van der Waals surface area (Å²) in [5, 5.41) is 4.10. The summed E-state index contributed by atoms with van der Waals surface area (Å²) in [5.41, 5.74) is 7.94. The number of hydrogen-bond acceptors (Lipinski definition) is 5. The maximum Gasteiger partial charge on any atom is 0.257 e. The minimum atomic E-state index is -0.433. The van der Waals surface area contributed by atoms with E-state index in [0.29, 0.717) is 24.7 Å². The van der Waals surface area contributed by atoms with Gasteiger partial charge in [0.15, 0.2) is 5.82 Å². The number of carbonyl (C=O) groups is 1. The third-order valence-electron chi connectivity index (χ3n) is 5.11. The highest BCUT2D eigenvalue weighted by Gasteiger charge is 2.36. The number of nitrogens with two attached hydrogens (primary N) is 1. The first-order valence-corrected chi connectivity index (χ1v) is 8.64. The normalized spacial score (nSPS) is 19.2. The molecular weight excluding hydrogens is 340 g/mol. The third-order valence-corrected chi connectivity index (χ3v) is 5.11. The van der Waals surface area contributed by atoms with E-state index in [9.17, 15) is 4.79 Å². The smallest absolute Gasteiger partial charge is 0.257 e. The molecule has 0 spiro atoms. The van der Waals surface area contributed by atoms with Crippen molar-refractivity contribution >= 4 is 18.3 Å². The summed E-state index contributed by atoms with van der Waals surface area (Å²) in [6.45, 7) is 1.52. The molecule has 2 heterocycles. The van der Waals surface area contributed by atoms with E-state index in [0.717, 1.165) is 49.8 Å². The Kier molecular flexibility index (Phi) is 5.11. The SMILES string of the molecule is Cl.NC1(c2noc(-c3ccc(CN4CCCC4=O)cc3)n2)CCCC1. The molecule has 1 aliphatic heterocycles. The van der Waals surface area contributed by atoms with Crippen LogP contribution in [-0.4, -0.2) is 27.5 Å². The Morgan fingerprint density at radius 2 is 1.88 bits per heavy atom. The lowest BCUT2D eigenvalue weighted by Crippen LogP contribution is -2.34. The fraction of sp³-hybridized carbons (Fsp3) is 0.500. The van der Waals surface area contributed by atoms with E-state index in [4.69, 9.17) is 10.3 Å². The topological polar surface area (TPSA) is 85.2 Å². The van der Waals surface area contributed by atoms with Crippen LogP contribution in [0.25, 0.3) is 11.5 Å². The number of rotatable bonds is 4. The largest absolute Gasteiger partial charge is 0.338 e. The highest BCUT2D eigenvalue weighted by atomic mass is 35.5. The molecule has 2 N–H and O–H groups in total. The van der Waals surface area contributed by atoms with Gasteiger partial charge in [0, 0.05) is 25.1 Å². The molecule has 1 saturated heterocycles. The number of carbonyl (C=O) groups excluding carboxylic acids is 1. The van der Waals surface area contributed by atoms with Gasteiger partial charge in [-0.15, -0.1) is 12.4 Å². The van der Waals surface area contributed by atoms with Crippen LogP contribution in [0.4, 0.5) is 0 Å². The van der Waals surface area contributed by atoms with Crippen molar-refractivity contribution in [2.24, 2.45) is 5.73 Å². The molecular formula is C18H23ClN4O2. The van der Waals surface area contributed by atoms with Crippen LogP contribution >= 0.6 is 12.4 Å². The van der Waals surface area contributed by atoms with E-state index in [1.807, 2.05) is 29.2 Å². The van der Waals surface area contributed by atoms with E-state index >= 15 is 0 Å². The number of nitrogens with zero attached hydrogens (tertiary/aromatic N) is 3. The molecule has 2 fully saturated rings. The summed E-state index contributed by atoms with van der Waals surface area (Å²) < 4.78 is 5.41. The van der Waals surface area contributed by atoms with Gasteiger partial charge in [-0.25, -0.2) is 0 Å². The van der Waals surface area contributed by atoms with Crippen molar-refractivity contribution in [2.45, 2.75) is 50.6 Å². The fourth-order valence-electron chi connectivity index (χ4n) is 3.62. The number of halogens is 1. The van der Waals surface area contributed by atoms with Crippen molar-refractivity contribution < 1.29 is 9.32 Å². The van der Waals surface area contributed by atoms with Crippen molar-refractivity contribution in [1.82, 2.24) is 15.0 Å². The van der Waals surface area contributed by atoms with Gasteiger partial charge in [0.2, 0.25) is 5.91 Å². The van der Waals surface area contributed by atoms with Gasteiger partial charge >= 0.3 is 0 Å². The Bertz CT molecular complexity index is 738. The van der Waals surface area contributed by atoms with Gasteiger partial charge in [-0.1, -0.05) is 30.1 Å². The number of hydrogen-bond donors (Lipinski definition) is 1. The molecule has 4 rings (SSSR count). The number of aromatic nitrogens is 2. The van der Waals surface area contributed by atoms with Crippen LogP contribution in [0.2, 0.25) is 0 Å². The molecule has 0 atom stereocenters. The van der Waals surface area contributed by atoms with Crippen LogP contribution in [0, 0.1) is 0 Å². The predicted molar refractivity (Wildman–Crippen MR) is 96.0 cm³/mol. The zero-order valence-corrected chi connectivity index (χ0v) is 14.9. The average molecular weight is 363 g/mol. The second-order valence-corrected chi connectivity index (χ2v) is 6.90. The van der Waals surface area contributed by atoms with E-state index in [1.54, 1.807) is 0 Å². The van der Waals surface area contributed by atoms with Crippen molar-refractivity contribution in [3.8, 4) is 11.5 Å². The Hall–Kier alpha value is -1.92. The molecule has 7 heteroatoms. The Labute approximate surface area is 153 Å². The third kappa shape index (κ3) is 3.55. The fourth-order valence-corrected chi connectivity index (χ4v) is 3.62. The van der Waals surface area contributed by atoms with Crippen LogP contribution in [0.15, 0.2) is 28.8 Å². The van der Waals surface area contributed by atoms with Crippen molar-refractivity contribution in [3.63, 3.8) is 0 Å². The zero-order valence-electron chi connectivity index (χ0n) is 14.1. The maximum atomic E-state index is 11.7. The summed E-state index contributed by atoms with van der Waals surface area (Å²) >= 11 is 0. The number of benzene rings is 1. The van der Waals surface area contributed by atoms with Crippen LogP contribution in [0.1, 0.15) is 49.9 Å². The van der Waals surface area contributed by atoms with Crippen molar-refractivity contribution in [3.05, 3.63) is 35.7 Å². The molecule has 134 valence electrons. The summed E-state index contributed by atoms with van der Waals surface area (Å²) in [6, 6.07) is 7.95. The lowest BCUT2D eigenvalue weighted by Gasteiger charge is -2.17. The average Bonchev–Trinajstić information content (AvgIpc) is 3.31. The van der Waals surface area contributed by atoms with Gasteiger partial charge in [-0.2, -0.15) is 4.98 Å². The highest BCUT2D eigenvalue weighted by Crippen LogP contribution is 2.35. The molecule has 1 aliphatic carbocycles. The Balaban J connectivity index is 0.00000182. The molecule has 1 aromatic carbocycles. The lowest BCUT2D eigenvalue weighted by molar-refractivity contribution is -0.128. The second-order valence-electron chi connectivity index (χ2n) is 6.90. The monoisotopic (exact) mass is 362 g/mol. The summed E-state index contributed by atoms with van der Waals surface area (Å²) in [4.78, 5) is 18.1. The summed E-state index contributed by atoms with van der Waals surface area (Å²) in [7, 11) is 0. The van der Waals surface area contributed by atoms with Crippen LogP contribution < -0.4 is 5.73 Å². The summed E-state index contributed by atoms with van der Waals surface area (Å²) in [5.74, 6) is 1.36. The predicted octanol–water partition coefficient (Wildman–Crippen LogP) is 3.01. The van der Waals surface area contributed by atoms with Crippen LogP contribution in [0.5, 0.6) is 0 Å². The molecule has 1 saturated carbocycles. The molecule has 1 aromatic heterocycles. The van der Waals surface area contributed by atoms with E-state index in [1.165, 1.54) is 0 Å². The maximum absolute atomic E-state index is 11.7. The van der Waals surface area contributed by atoms with Gasteiger partial charge in [0.25, 0.3) is 5.89 Å². The lowest BCUT2D eigenvalue weighted by atomic mass is 9.99. The quantitative estimate of drug-likeness (QED) is 0.903. The van der Waals surface area contributed by atoms with Gasteiger partial charge in [0.1, 0.15) is 0 Å². The van der Waals surface area contributed by atoms with E-state index < -0.39 is 5.54 Å². The van der Waals surface area contributed by atoms with Crippen molar-refractivity contribution in [2.75, 3.05) is 6.54 Å². The van der Waals surface area contributed by atoms with Crippen LogP contribution in [-0.2, 0) is 16.9 Å². The van der Waals surface area contributed by atoms with Gasteiger partial charge < -0.3 is 15.2 Å². The zero-order chi connectivity index (χ0) is 16.6. The molecule has 2 aromatic rings. The molecule has 1 amide bonds. The summed E-state index contributed by atoms with van der Waals surface area (Å²) in [6.07, 6.45) is 5.68. The standard InChI is InChI=1S/C18H22N4O2.ClH/c19-18(9-1-2-10-18)17-20-16(24-21-17)14-7-5-13(6-8-14)12-22-11-3-4-15(22)23;/h5-8H,1-4,9-12,19H2;1H. The second kappa shape index (κ2) is 7.14. The van der Waals surface area contributed by atoms with Crippen LogP contribution in [0.3, 0.4) is 0 Å². The number of likely N-dealkylation sites (tertiary alicyclic amines) is 1. The Morgan fingerprint density at radius 1 is 1.16 bits per heavy atom. The van der Waals surface area contributed by atoms with Gasteiger partial charge in [0.05, 0.1) is 5.54 Å². The minimum absolute atomic E-state index is 0. The minimum Gasteiger partial charge on any atom is -0.338 e. The molecule has 0 unspecified atom stereocenters. The Morgan fingerprint density at radius 3 is 2.52 bits per heavy atom. The molecule has 0 radical (unpaired) electrons. The van der Waals surface area contributed by atoms with Gasteiger partial charge in [-0.3, -0.25) is 4.79 Å². The first-order valence-electron chi connectivity index (χ1n) is 8.64. The van der Waals surface area contributed by atoms with E-state index in [-0.39, 0.29) is 18.3 Å². The molecule has 2 aliphatic rings. The number of amides is 1.